The van der Waals surface area contributed by atoms with Crippen LogP contribution >= 0.6 is 0 Å². The average molecular weight is 337 g/mol. The molecule has 5 heteroatoms. The fourth-order valence-corrected chi connectivity index (χ4v) is 2.48. The van der Waals surface area contributed by atoms with Crippen molar-refractivity contribution in [1.82, 2.24) is 5.32 Å². The van der Waals surface area contributed by atoms with E-state index in [9.17, 15) is 9.90 Å². The number of carbonyl (C=O) groups excluding carboxylic acids is 1. The minimum Gasteiger partial charge on any atom is -0.476 e. The highest BCUT2D eigenvalue weighted by molar-refractivity contribution is 5.83. The zero-order valence-corrected chi connectivity index (χ0v) is 13.5. The summed E-state index contributed by atoms with van der Waals surface area (Å²) in [5.41, 5.74) is 0.722. The molecule has 1 amide bonds. The van der Waals surface area contributed by atoms with Crippen LogP contribution in [-0.4, -0.2) is 17.6 Å². The molecule has 1 heterocycles. The van der Waals surface area contributed by atoms with E-state index in [4.69, 9.17) is 9.15 Å². The van der Waals surface area contributed by atoms with E-state index in [1.54, 1.807) is 24.3 Å². The predicted molar refractivity (Wildman–Crippen MR) is 92.9 cm³/mol. The van der Waals surface area contributed by atoms with Crippen molar-refractivity contribution in [1.29, 1.82) is 0 Å². The van der Waals surface area contributed by atoms with E-state index in [-0.39, 0.29) is 12.5 Å². The minimum absolute atomic E-state index is 0.272. The summed E-state index contributed by atoms with van der Waals surface area (Å²) < 4.78 is 11.2. The second kappa shape index (κ2) is 8.17. The molecule has 0 bridgehead atoms. The molecule has 0 spiro atoms. The second-order valence-corrected chi connectivity index (χ2v) is 5.48. The summed E-state index contributed by atoms with van der Waals surface area (Å²) in [6.45, 7) is -0.272. The van der Waals surface area contributed by atoms with E-state index in [0.29, 0.717) is 11.5 Å². The van der Waals surface area contributed by atoms with Crippen LogP contribution in [0.15, 0.2) is 83.5 Å². The Bertz CT molecular complexity index is 772. The predicted octanol–water partition coefficient (Wildman–Crippen LogP) is 3.25. The summed E-state index contributed by atoms with van der Waals surface area (Å²) in [6, 6.07) is 21.1. The molecule has 25 heavy (non-hydrogen) atoms. The monoisotopic (exact) mass is 337 g/mol. The summed E-state index contributed by atoms with van der Waals surface area (Å²) >= 11 is 0. The first-order valence-electron chi connectivity index (χ1n) is 7.99. The Labute approximate surface area is 145 Å². The lowest BCUT2D eigenvalue weighted by molar-refractivity contribution is -0.129. The van der Waals surface area contributed by atoms with Crippen molar-refractivity contribution in [3.05, 3.63) is 90.4 Å². The van der Waals surface area contributed by atoms with Crippen LogP contribution < -0.4 is 10.1 Å². The largest absolute Gasteiger partial charge is 0.476 e. The van der Waals surface area contributed by atoms with Gasteiger partial charge in [-0.3, -0.25) is 4.79 Å². The smallest absolute Gasteiger partial charge is 0.266 e. The second-order valence-electron chi connectivity index (χ2n) is 5.48. The quantitative estimate of drug-likeness (QED) is 0.694. The maximum absolute atomic E-state index is 12.8. The van der Waals surface area contributed by atoms with Crippen LogP contribution in [0.3, 0.4) is 0 Å². The molecule has 1 aromatic heterocycles. The van der Waals surface area contributed by atoms with Crippen LogP contribution in [0, 0.1) is 0 Å². The topological polar surface area (TPSA) is 71.7 Å². The molecule has 2 atom stereocenters. The van der Waals surface area contributed by atoms with Gasteiger partial charge in [-0.15, -0.1) is 0 Å². The van der Waals surface area contributed by atoms with Crippen LogP contribution in [0.4, 0.5) is 0 Å². The molecule has 0 saturated heterocycles. The van der Waals surface area contributed by atoms with Crippen molar-refractivity contribution in [2.45, 2.75) is 12.1 Å². The number of nitrogens with one attached hydrogen (secondary N) is 1. The Morgan fingerprint density at radius 2 is 1.68 bits per heavy atom. The SMILES string of the molecule is O=C(NC(CO)c1ccco1)C(Oc1ccccc1)c1ccccc1. The van der Waals surface area contributed by atoms with Gasteiger partial charge in [0.25, 0.3) is 5.91 Å². The average Bonchev–Trinajstić information content (AvgIpc) is 3.20. The third kappa shape index (κ3) is 4.28. The molecule has 2 N–H and O–H groups in total. The fourth-order valence-electron chi connectivity index (χ4n) is 2.48. The maximum Gasteiger partial charge on any atom is 0.266 e. The van der Waals surface area contributed by atoms with E-state index in [1.807, 2.05) is 48.5 Å². The number of hydrogen-bond acceptors (Lipinski definition) is 4. The Kier molecular flexibility index (Phi) is 5.49. The summed E-state index contributed by atoms with van der Waals surface area (Å²) in [6.07, 6.45) is 0.659. The number of para-hydroxylation sites is 1. The fraction of sp³-hybridized carbons (Fsp3) is 0.150. The van der Waals surface area contributed by atoms with Crippen molar-refractivity contribution in [3.8, 4) is 5.75 Å². The van der Waals surface area contributed by atoms with Gasteiger partial charge >= 0.3 is 0 Å². The lowest BCUT2D eigenvalue weighted by atomic mass is 10.1. The van der Waals surface area contributed by atoms with Gasteiger partial charge < -0.3 is 19.6 Å². The summed E-state index contributed by atoms with van der Waals surface area (Å²) in [7, 11) is 0. The zero-order valence-electron chi connectivity index (χ0n) is 13.5. The third-order valence-corrected chi connectivity index (χ3v) is 3.72. The number of furan rings is 1. The molecule has 3 aromatic rings. The van der Waals surface area contributed by atoms with E-state index >= 15 is 0 Å². The Morgan fingerprint density at radius 1 is 1.00 bits per heavy atom. The van der Waals surface area contributed by atoms with Crippen molar-refractivity contribution < 1.29 is 19.1 Å². The highest BCUT2D eigenvalue weighted by Gasteiger charge is 2.26. The third-order valence-electron chi connectivity index (χ3n) is 3.72. The first kappa shape index (κ1) is 16.8. The number of ether oxygens (including phenoxy) is 1. The molecule has 0 radical (unpaired) electrons. The number of amides is 1. The highest BCUT2D eigenvalue weighted by atomic mass is 16.5. The lowest BCUT2D eigenvalue weighted by Crippen LogP contribution is -2.36. The van der Waals surface area contributed by atoms with Crippen LogP contribution in [0.5, 0.6) is 5.75 Å². The minimum atomic E-state index is -0.840. The first-order chi connectivity index (χ1) is 12.3. The number of benzene rings is 2. The van der Waals surface area contributed by atoms with Gasteiger partial charge in [0.1, 0.15) is 17.6 Å². The Balaban J connectivity index is 1.82. The lowest BCUT2D eigenvalue weighted by Gasteiger charge is -2.22. The summed E-state index contributed by atoms with van der Waals surface area (Å²) in [5.74, 6) is 0.720. The van der Waals surface area contributed by atoms with Gasteiger partial charge in [-0.1, -0.05) is 48.5 Å². The summed E-state index contributed by atoms with van der Waals surface area (Å²) in [5, 5.41) is 12.4. The van der Waals surface area contributed by atoms with Crippen LogP contribution in [0.1, 0.15) is 23.5 Å². The molecule has 3 rings (SSSR count). The van der Waals surface area contributed by atoms with Crippen molar-refractivity contribution in [3.63, 3.8) is 0 Å². The number of rotatable bonds is 7. The molecule has 0 aliphatic rings. The Hall–Kier alpha value is -3.05. The molecule has 0 aliphatic heterocycles. The molecular formula is C20H19NO4. The van der Waals surface area contributed by atoms with Gasteiger partial charge in [0.15, 0.2) is 0 Å². The normalized spacial score (nSPS) is 13.0. The van der Waals surface area contributed by atoms with E-state index in [0.717, 1.165) is 5.56 Å². The van der Waals surface area contributed by atoms with Crippen LogP contribution in [-0.2, 0) is 4.79 Å². The van der Waals surface area contributed by atoms with E-state index in [2.05, 4.69) is 5.32 Å². The van der Waals surface area contributed by atoms with Crippen LogP contribution in [0.25, 0.3) is 0 Å². The number of aliphatic hydroxyl groups excluding tert-OH is 1. The molecule has 0 aliphatic carbocycles. The maximum atomic E-state index is 12.8. The molecule has 2 aromatic carbocycles. The highest BCUT2D eigenvalue weighted by Crippen LogP contribution is 2.23. The zero-order chi connectivity index (χ0) is 17.5. The number of aliphatic hydroxyl groups is 1. The van der Waals surface area contributed by atoms with Gasteiger partial charge in [-0.2, -0.15) is 0 Å². The molecule has 128 valence electrons. The molecular weight excluding hydrogens is 318 g/mol. The van der Waals surface area contributed by atoms with E-state index in [1.165, 1.54) is 6.26 Å². The van der Waals surface area contributed by atoms with Gasteiger partial charge in [-0.05, 0) is 24.3 Å². The molecule has 0 saturated carbocycles. The van der Waals surface area contributed by atoms with Gasteiger partial charge in [-0.25, -0.2) is 0 Å². The van der Waals surface area contributed by atoms with Crippen molar-refractivity contribution in [2.24, 2.45) is 0 Å². The summed E-state index contributed by atoms with van der Waals surface area (Å²) in [4.78, 5) is 12.8. The van der Waals surface area contributed by atoms with Crippen molar-refractivity contribution in [2.75, 3.05) is 6.61 Å². The standard InChI is InChI=1S/C20H19NO4/c22-14-17(18-12-7-13-24-18)21-20(23)19(15-8-3-1-4-9-15)25-16-10-5-2-6-11-16/h1-13,17,19,22H,14H2,(H,21,23). The molecule has 5 nitrogen and oxygen atoms in total. The Morgan fingerprint density at radius 3 is 2.28 bits per heavy atom. The van der Waals surface area contributed by atoms with Crippen LogP contribution in [0.2, 0.25) is 0 Å². The van der Waals surface area contributed by atoms with Gasteiger partial charge in [0.2, 0.25) is 6.10 Å². The first-order valence-corrected chi connectivity index (χ1v) is 7.99. The van der Waals surface area contributed by atoms with E-state index < -0.39 is 12.1 Å². The van der Waals surface area contributed by atoms with Crippen molar-refractivity contribution >= 4 is 5.91 Å². The van der Waals surface area contributed by atoms with Gasteiger partial charge in [0, 0.05) is 5.56 Å². The van der Waals surface area contributed by atoms with Gasteiger partial charge in [0.05, 0.1) is 12.9 Å². The molecule has 0 fully saturated rings. The molecule has 2 unspecified atom stereocenters. The number of hydrogen-bond donors (Lipinski definition) is 2. The number of carbonyl (C=O) groups is 1.